The molecule has 2 aromatic carbocycles. The molecule has 2 aliphatic rings. The molecule has 3 nitrogen and oxygen atoms in total. The zero-order valence-electron chi connectivity index (χ0n) is 15.6. The maximum atomic E-state index is 14.9. The van der Waals surface area contributed by atoms with E-state index in [9.17, 15) is 4.39 Å². The maximum absolute atomic E-state index is 14.9. The predicted molar refractivity (Wildman–Crippen MR) is 120 cm³/mol. The summed E-state index contributed by atoms with van der Waals surface area (Å²) in [6, 6.07) is 10.5. The van der Waals surface area contributed by atoms with Gasteiger partial charge in [0.2, 0.25) is 6.23 Å². The Bertz CT molecular complexity index is 1200. The van der Waals surface area contributed by atoms with Gasteiger partial charge in [-0.1, -0.05) is 41.5 Å². The van der Waals surface area contributed by atoms with Gasteiger partial charge in [-0.15, -0.1) is 0 Å². The van der Waals surface area contributed by atoms with Crippen molar-refractivity contribution in [1.82, 2.24) is 4.57 Å². The van der Waals surface area contributed by atoms with Crippen molar-refractivity contribution in [3.05, 3.63) is 63.7 Å². The first-order valence-corrected chi connectivity index (χ1v) is 10.8. The Morgan fingerprint density at radius 2 is 2.00 bits per heavy atom. The minimum absolute atomic E-state index is 0.291. The minimum atomic E-state index is -0.519. The van der Waals surface area contributed by atoms with Gasteiger partial charge in [-0.2, -0.15) is 0 Å². The fourth-order valence-corrected chi connectivity index (χ4v) is 5.15. The van der Waals surface area contributed by atoms with Crippen LogP contribution in [0.4, 0.5) is 4.39 Å². The van der Waals surface area contributed by atoms with Crippen LogP contribution in [0.5, 0.6) is 5.75 Å². The highest BCUT2D eigenvalue weighted by molar-refractivity contribution is 8.17. The van der Waals surface area contributed by atoms with Gasteiger partial charge in [0.25, 0.3) is 0 Å². The summed E-state index contributed by atoms with van der Waals surface area (Å²) >= 11 is 13.8. The summed E-state index contributed by atoms with van der Waals surface area (Å²) in [5.74, 6) is 0.488. The number of aromatic nitrogens is 1. The largest absolute Gasteiger partial charge is 0.464 e. The van der Waals surface area contributed by atoms with E-state index in [-0.39, 0.29) is 0 Å². The van der Waals surface area contributed by atoms with Crippen molar-refractivity contribution in [2.24, 2.45) is 10.9 Å². The fraction of sp³-hybridized carbons (Fsp3) is 0.227. The van der Waals surface area contributed by atoms with E-state index in [1.807, 2.05) is 28.8 Å². The van der Waals surface area contributed by atoms with Crippen molar-refractivity contribution in [3.8, 4) is 17.0 Å². The molecule has 148 valence electrons. The van der Waals surface area contributed by atoms with Crippen LogP contribution < -0.4 is 4.74 Å². The third-order valence-electron chi connectivity index (χ3n) is 5.21. The van der Waals surface area contributed by atoms with Crippen LogP contribution in [0.15, 0.2) is 52.9 Å². The van der Waals surface area contributed by atoms with Gasteiger partial charge in [-0.3, -0.25) is 9.56 Å². The van der Waals surface area contributed by atoms with E-state index in [0.717, 1.165) is 33.7 Å². The van der Waals surface area contributed by atoms with Gasteiger partial charge in [0.05, 0.1) is 21.8 Å². The van der Waals surface area contributed by atoms with Crippen LogP contribution in [0.25, 0.3) is 22.2 Å². The highest BCUT2D eigenvalue weighted by Gasteiger charge is 2.35. The standard InChI is InChI=1S/C22H17Cl2FN2OS/c1-11(29-21(26-2)12-3-4-12)22-27-17-6-5-14(23)7-13(17)8-18(27)20-16(25)9-15(24)10-19(20)28-22/h5-10,12,22H,1,3-4H2,2H3/b26-21-/t22-/m0/s1. The number of rotatable bonds is 3. The van der Waals surface area contributed by atoms with Crippen LogP contribution in [0, 0.1) is 11.7 Å². The molecule has 1 atom stereocenters. The smallest absolute Gasteiger partial charge is 0.208 e. The molecule has 0 saturated heterocycles. The number of aliphatic imine (C=N–C) groups is 1. The molecule has 5 rings (SSSR count). The number of fused-ring (bicyclic) bond motifs is 5. The van der Waals surface area contributed by atoms with E-state index in [2.05, 4.69) is 11.6 Å². The lowest BCUT2D eigenvalue weighted by atomic mass is 10.1. The van der Waals surface area contributed by atoms with Gasteiger partial charge in [0.15, 0.2) is 0 Å². The van der Waals surface area contributed by atoms with E-state index in [0.29, 0.717) is 33.0 Å². The molecule has 0 spiro atoms. The highest BCUT2D eigenvalue weighted by Crippen LogP contribution is 2.49. The molecule has 0 N–H and O–H groups in total. The van der Waals surface area contributed by atoms with Crippen molar-refractivity contribution in [3.63, 3.8) is 0 Å². The Labute approximate surface area is 182 Å². The second-order valence-corrected chi connectivity index (χ2v) is 9.26. The van der Waals surface area contributed by atoms with Crippen LogP contribution in [0.3, 0.4) is 0 Å². The number of benzene rings is 2. The normalized spacial score (nSPS) is 18.3. The van der Waals surface area contributed by atoms with Crippen LogP contribution in [-0.4, -0.2) is 16.7 Å². The van der Waals surface area contributed by atoms with Gasteiger partial charge in [0.1, 0.15) is 11.6 Å². The minimum Gasteiger partial charge on any atom is -0.464 e. The van der Waals surface area contributed by atoms with Crippen molar-refractivity contribution >= 4 is 50.9 Å². The summed E-state index contributed by atoms with van der Waals surface area (Å²) in [5.41, 5.74) is 2.01. The third-order valence-corrected chi connectivity index (χ3v) is 6.85. The average molecular weight is 447 g/mol. The number of hydrogen-bond acceptors (Lipinski definition) is 3. The lowest BCUT2D eigenvalue weighted by molar-refractivity contribution is 0.177. The van der Waals surface area contributed by atoms with Crippen LogP contribution >= 0.6 is 35.0 Å². The number of thioether (sulfide) groups is 1. The van der Waals surface area contributed by atoms with E-state index < -0.39 is 12.0 Å². The topological polar surface area (TPSA) is 26.5 Å². The van der Waals surface area contributed by atoms with Crippen LogP contribution in [0.2, 0.25) is 10.0 Å². The first kappa shape index (κ1) is 19.0. The molecule has 1 aliphatic carbocycles. The second kappa shape index (κ2) is 7.08. The molecule has 2 heterocycles. The number of ether oxygens (including phenoxy) is 1. The first-order valence-electron chi connectivity index (χ1n) is 9.26. The average Bonchev–Trinajstić information content (AvgIpc) is 3.45. The SMILES string of the molecule is C=C(S/C(=N\C)C1CC1)[C@@H]1Oc2cc(Cl)cc(F)c2-c2cc3cc(Cl)ccc3n21. The van der Waals surface area contributed by atoms with Gasteiger partial charge in [-0.25, -0.2) is 4.39 Å². The summed E-state index contributed by atoms with van der Waals surface area (Å²) in [5, 5.41) is 2.88. The molecule has 3 aromatic rings. The Balaban J connectivity index is 1.68. The fourth-order valence-electron chi connectivity index (χ4n) is 3.75. The predicted octanol–water partition coefficient (Wildman–Crippen LogP) is 7.33. The Morgan fingerprint density at radius 1 is 1.21 bits per heavy atom. The van der Waals surface area contributed by atoms with Crippen molar-refractivity contribution < 1.29 is 9.13 Å². The van der Waals surface area contributed by atoms with E-state index in [1.54, 1.807) is 24.9 Å². The summed E-state index contributed by atoms with van der Waals surface area (Å²) in [6.07, 6.45) is 1.78. The molecule has 0 bridgehead atoms. The molecule has 0 unspecified atom stereocenters. The molecule has 7 heteroatoms. The lowest BCUT2D eigenvalue weighted by Crippen LogP contribution is -2.23. The number of nitrogens with zero attached hydrogens (tertiary/aromatic N) is 2. The summed E-state index contributed by atoms with van der Waals surface area (Å²) in [7, 11) is 1.80. The Morgan fingerprint density at radius 3 is 2.72 bits per heavy atom. The zero-order valence-corrected chi connectivity index (χ0v) is 17.9. The van der Waals surface area contributed by atoms with Crippen LogP contribution in [-0.2, 0) is 0 Å². The summed E-state index contributed by atoms with van der Waals surface area (Å²) < 4.78 is 23.1. The van der Waals surface area contributed by atoms with Gasteiger partial charge in [0, 0.05) is 33.3 Å². The first-order chi connectivity index (χ1) is 14.0. The quantitative estimate of drug-likeness (QED) is 0.310. The van der Waals surface area contributed by atoms with E-state index in [1.165, 1.54) is 6.07 Å². The molecule has 1 aromatic heterocycles. The highest BCUT2D eigenvalue weighted by atomic mass is 35.5. The van der Waals surface area contributed by atoms with Gasteiger partial charge in [-0.05, 0) is 49.2 Å². The molecule has 1 saturated carbocycles. The molecule has 29 heavy (non-hydrogen) atoms. The molecular formula is C22H17Cl2FN2OS. The monoisotopic (exact) mass is 446 g/mol. The third kappa shape index (κ3) is 3.25. The van der Waals surface area contributed by atoms with E-state index in [4.69, 9.17) is 27.9 Å². The molecular weight excluding hydrogens is 430 g/mol. The Hall–Kier alpha value is -1.95. The van der Waals surface area contributed by atoms with Crippen molar-refractivity contribution in [2.75, 3.05) is 7.05 Å². The molecule has 0 radical (unpaired) electrons. The van der Waals surface area contributed by atoms with Crippen molar-refractivity contribution in [1.29, 1.82) is 0 Å². The number of halogens is 3. The summed E-state index contributed by atoms with van der Waals surface area (Å²) in [4.78, 5) is 5.22. The summed E-state index contributed by atoms with van der Waals surface area (Å²) in [6.45, 7) is 4.28. The van der Waals surface area contributed by atoms with Gasteiger partial charge >= 0.3 is 0 Å². The maximum Gasteiger partial charge on any atom is 0.208 e. The molecule has 1 aliphatic heterocycles. The van der Waals surface area contributed by atoms with Gasteiger partial charge < -0.3 is 4.74 Å². The molecule has 1 fully saturated rings. The molecule has 0 amide bonds. The van der Waals surface area contributed by atoms with Crippen molar-refractivity contribution in [2.45, 2.75) is 19.1 Å². The lowest BCUT2D eigenvalue weighted by Gasteiger charge is -2.31. The van der Waals surface area contributed by atoms with E-state index >= 15 is 0 Å². The number of hydrogen-bond donors (Lipinski definition) is 0. The van der Waals surface area contributed by atoms with Crippen LogP contribution in [0.1, 0.15) is 19.1 Å². The second-order valence-electron chi connectivity index (χ2n) is 7.24. The Kier molecular flexibility index (Phi) is 4.65. The zero-order chi connectivity index (χ0) is 20.3.